The van der Waals surface area contributed by atoms with E-state index in [1.165, 1.54) is 6.92 Å². The van der Waals surface area contributed by atoms with Crippen molar-refractivity contribution in [2.75, 3.05) is 0 Å². The molecule has 0 amide bonds. The van der Waals surface area contributed by atoms with Gasteiger partial charge in [0.05, 0.1) is 0 Å². The molecule has 0 aromatic rings. The van der Waals surface area contributed by atoms with Gasteiger partial charge < -0.3 is 4.74 Å². The molecule has 0 N–H and O–H groups in total. The molecule has 0 aromatic heterocycles. The van der Waals surface area contributed by atoms with E-state index in [1.54, 1.807) is 6.92 Å². The van der Waals surface area contributed by atoms with Crippen molar-refractivity contribution in [3.05, 3.63) is 0 Å². The maximum absolute atomic E-state index is 11.0. The van der Waals surface area contributed by atoms with E-state index in [2.05, 4.69) is 4.74 Å². The first-order valence-corrected chi connectivity index (χ1v) is 3.71. The van der Waals surface area contributed by atoms with Crippen LogP contribution in [0.4, 0.5) is 0 Å². The minimum absolute atomic E-state index is 0. The SMILES string of the molecule is CCC(C(C)=O)C(=O)OC(C)=O.[AlH3]. The Balaban J connectivity index is 0. The standard InChI is InChI=1S/C8H12O4.Al.3H/c1-4-7(5(2)9)8(11)12-6(3)10;;;;/h7H,4H2,1-3H3;;;;. The Morgan fingerprint density at radius 1 is 1.23 bits per heavy atom. The van der Waals surface area contributed by atoms with E-state index in [0.717, 1.165) is 6.92 Å². The lowest BCUT2D eigenvalue weighted by Gasteiger charge is -2.07. The highest BCUT2D eigenvalue weighted by Gasteiger charge is 2.23. The zero-order valence-electron chi connectivity index (χ0n) is 7.42. The summed E-state index contributed by atoms with van der Waals surface area (Å²) in [4.78, 5) is 32.1. The van der Waals surface area contributed by atoms with E-state index in [-0.39, 0.29) is 23.1 Å². The highest BCUT2D eigenvalue weighted by atomic mass is 27.0. The van der Waals surface area contributed by atoms with Gasteiger partial charge in [-0.1, -0.05) is 6.92 Å². The Kier molecular flexibility index (Phi) is 7.78. The van der Waals surface area contributed by atoms with Gasteiger partial charge in [0.1, 0.15) is 11.7 Å². The number of carbonyl (C=O) groups is 3. The Bertz CT molecular complexity index is 212. The number of ether oxygens (including phenoxy) is 1. The molecule has 0 spiro atoms. The van der Waals surface area contributed by atoms with Gasteiger partial charge in [-0.05, 0) is 13.3 Å². The first kappa shape index (κ1) is 14.8. The molecule has 0 aliphatic carbocycles. The zero-order valence-corrected chi connectivity index (χ0v) is 7.42. The van der Waals surface area contributed by atoms with Crippen LogP contribution in [0, 0.1) is 5.92 Å². The monoisotopic (exact) mass is 202 g/mol. The van der Waals surface area contributed by atoms with Gasteiger partial charge in [-0.2, -0.15) is 0 Å². The fourth-order valence-corrected chi connectivity index (χ4v) is 0.833. The number of hydrogen-bond donors (Lipinski definition) is 0. The predicted molar refractivity (Wildman–Crippen MR) is 51.2 cm³/mol. The molecule has 0 bridgehead atoms. The van der Waals surface area contributed by atoms with E-state index in [1.807, 2.05) is 0 Å². The Morgan fingerprint density at radius 2 is 1.69 bits per heavy atom. The quantitative estimate of drug-likeness (QED) is 0.352. The third-order valence-electron chi connectivity index (χ3n) is 1.43. The molecule has 1 atom stereocenters. The van der Waals surface area contributed by atoms with Crippen molar-refractivity contribution < 1.29 is 19.1 Å². The van der Waals surface area contributed by atoms with Gasteiger partial charge in [-0.25, -0.2) is 0 Å². The lowest BCUT2D eigenvalue weighted by Crippen LogP contribution is -2.25. The van der Waals surface area contributed by atoms with Crippen molar-refractivity contribution >= 4 is 35.1 Å². The van der Waals surface area contributed by atoms with Gasteiger partial charge in [0.2, 0.25) is 0 Å². The van der Waals surface area contributed by atoms with Crippen molar-refractivity contribution in [2.45, 2.75) is 27.2 Å². The molecular weight excluding hydrogens is 187 g/mol. The van der Waals surface area contributed by atoms with Gasteiger partial charge in [-0.3, -0.25) is 14.4 Å². The van der Waals surface area contributed by atoms with Crippen LogP contribution in [0.1, 0.15) is 27.2 Å². The molecule has 0 saturated carbocycles. The molecule has 0 radical (unpaired) electrons. The summed E-state index contributed by atoms with van der Waals surface area (Å²) in [7, 11) is 0. The first-order valence-electron chi connectivity index (χ1n) is 3.71. The van der Waals surface area contributed by atoms with E-state index in [4.69, 9.17) is 0 Å². The van der Waals surface area contributed by atoms with E-state index < -0.39 is 17.9 Å². The summed E-state index contributed by atoms with van der Waals surface area (Å²) in [6.45, 7) is 4.12. The molecular formula is C8H15AlO4. The zero-order chi connectivity index (χ0) is 9.72. The van der Waals surface area contributed by atoms with Crippen molar-refractivity contribution in [2.24, 2.45) is 5.92 Å². The molecule has 13 heavy (non-hydrogen) atoms. The number of ketones is 1. The van der Waals surface area contributed by atoms with Gasteiger partial charge in [0.25, 0.3) is 0 Å². The lowest BCUT2D eigenvalue weighted by molar-refractivity contribution is -0.162. The number of Topliss-reactive ketones (excluding diaryl/α,β-unsaturated/α-hetero) is 1. The molecule has 0 fully saturated rings. The largest absolute Gasteiger partial charge is 0.393 e. The van der Waals surface area contributed by atoms with Crippen LogP contribution in [-0.2, 0) is 19.1 Å². The van der Waals surface area contributed by atoms with E-state index >= 15 is 0 Å². The Labute approximate surface area is 87.8 Å². The summed E-state index contributed by atoms with van der Waals surface area (Å²) in [5.41, 5.74) is 0. The van der Waals surface area contributed by atoms with Crippen molar-refractivity contribution in [1.82, 2.24) is 0 Å². The summed E-state index contributed by atoms with van der Waals surface area (Å²) in [6, 6.07) is 0. The molecule has 0 saturated heterocycles. The second kappa shape index (κ2) is 6.82. The van der Waals surface area contributed by atoms with Crippen LogP contribution < -0.4 is 0 Å². The van der Waals surface area contributed by atoms with E-state index in [9.17, 15) is 14.4 Å². The van der Waals surface area contributed by atoms with Crippen LogP contribution in [0.5, 0.6) is 0 Å². The molecule has 5 heteroatoms. The molecule has 0 aliphatic rings. The van der Waals surface area contributed by atoms with Gasteiger partial charge in [-0.15, -0.1) is 0 Å². The summed E-state index contributed by atoms with van der Waals surface area (Å²) in [5.74, 6) is -2.50. The van der Waals surface area contributed by atoms with Crippen molar-refractivity contribution in [3.63, 3.8) is 0 Å². The maximum atomic E-state index is 11.0. The van der Waals surface area contributed by atoms with Gasteiger partial charge >= 0.3 is 11.9 Å². The second-order valence-corrected chi connectivity index (χ2v) is 2.48. The van der Waals surface area contributed by atoms with Crippen molar-refractivity contribution in [3.8, 4) is 0 Å². The minimum atomic E-state index is -0.797. The minimum Gasteiger partial charge on any atom is -0.393 e. The maximum Gasteiger partial charge on any atom is 0.324 e. The molecule has 4 nitrogen and oxygen atoms in total. The van der Waals surface area contributed by atoms with Crippen LogP contribution in [-0.4, -0.2) is 35.1 Å². The third kappa shape index (κ3) is 5.56. The van der Waals surface area contributed by atoms with Gasteiger partial charge in [0.15, 0.2) is 17.4 Å². The molecule has 0 rings (SSSR count). The topological polar surface area (TPSA) is 60.4 Å². The second-order valence-electron chi connectivity index (χ2n) is 2.48. The number of esters is 2. The van der Waals surface area contributed by atoms with Crippen LogP contribution in [0.25, 0.3) is 0 Å². The molecule has 1 unspecified atom stereocenters. The van der Waals surface area contributed by atoms with Crippen LogP contribution >= 0.6 is 0 Å². The normalized spacial score (nSPS) is 11.0. The number of hydrogen-bond acceptors (Lipinski definition) is 4. The fourth-order valence-electron chi connectivity index (χ4n) is 0.833. The van der Waals surface area contributed by atoms with E-state index in [0.29, 0.717) is 6.42 Å². The predicted octanol–water partition coefficient (Wildman–Crippen LogP) is -0.493. The Morgan fingerprint density at radius 3 is 1.92 bits per heavy atom. The van der Waals surface area contributed by atoms with Crippen molar-refractivity contribution in [1.29, 1.82) is 0 Å². The fraction of sp³-hybridized carbons (Fsp3) is 0.625. The van der Waals surface area contributed by atoms with Gasteiger partial charge in [0, 0.05) is 6.92 Å². The summed E-state index contributed by atoms with van der Waals surface area (Å²) >= 11 is 0. The average Bonchev–Trinajstić information content (AvgIpc) is 1.85. The average molecular weight is 202 g/mol. The van der Waals surface area contributed by atoms with Crippen LogP contribution in [0.2, 0.25) is 0 Å². The number of rotatable bonds is 3. The smallest absolute Gasteiger partial charge is 0.324 e. The lowest BCUT2D eigenvalue weighted by atomic mass is 10.0. The highest BCUT2D eigenvalue weighted by molar-refractivity contribution is 6.00. The van der Waals surface area contributed by atoms with Crippen LogP contribution in [0.3, 0.4) is 0 Å². The molecule has 74 valence electrons. The highest BCUT2D eigenvalue weighted by Crippen LogP contribution is 2.06. The Hall–Kier alpha value is -0.658. The summed E-state index contributed by atoms with van der Waals surface area (Å²) < 4.78 is 4.27. The number of carbonyl (C=O) groups excluding carboxylic acids is 3. The molecule has 0 aliphatic heterocycles. The summed E-state index contributed by atoms with van der Waals surface area (Å²) in [6.07, 6.45) is 0.363. The molecule has 0 heterocycles. The third-order valence-corrected chi connectivity index (χ3v) is 1.43. The van der Waals surface area contributed by atoms with Crippen LogP contribution in [0.15, 0.2) is 0 Å². The first-order chi connectivity index (χ1) is 5.49. The summed E-state index contributed by atoms with van der Waals surface area (Å²) in [5, 5.41) is 0. The molecule has 0 aromatic carbocycles.